The number of H-pyrrole nitrogens is 1. The molecule has 2 aromatic carbocycles. The van der Waals surface area contributed by atoms with Gasteiger partial charge >= 0.3 is 6.09 Å². The first-order valence-corrected chi connectivity index (χ1v) is 15.6. The number of carbonyl (C=O) groups is 5. The fourth-order valence-electron chi connectivity index (χ4n) is 5.37. The van der Waals surface area contributed by atoms with Gasteiger partial charge in [-0.05, 0) is 56.0 Å². The Labute approximate surface area is 273 Å². The summed E-state index contributed by atoms with van der Waals surface area (Å²) in [5, 5.41) is 21.6. The number of amides is 4. The molecule has 4 amide bonds. The van der Waals surface area contributed by atoms with Crippen molar-refractivity contribution in [2.75, 3.05) is 16.8 Å². The van der Waals surface area contributed by atoms with Gasteiger partial charge in [0, 0.05) is 36.6 Å². The summed E-state index contributed by atoms with van der Waals surface area (Å²) in [5.74, 6) is -1.89. The number of tetrazole rings is 1. The maximum Gasteiger partial charge on any atom is 0.412 e. The summed E-state index contributed by atoms with van der Waals surface area (Å²) in [6, 6.07) is 13.3. The highest BCUT2D eigenvalue weighted by Crippen LogP contribution is 2.35. The number of ketones is 1. The highest BCUT2D eigenvalue weighted by Gasteiger charge is 2.39. The van der Waals surface area contributed by atoms with Crippen LogP contribution in [0.4, 0.5) is 16.2 Å². The van der Waals surface area contributed by atoms with Gasteiger partial charge in [-0.15, -0.1) is 10.2 Å². The number of hydrogen-bond acceptors (Lipinski definition) is 9. The van der Waals surface area contributed by atoms with Gasteiger partial charge in [0.1, 0.15) is 17.4 Å². The van der Waals surface area contributed by atoms with Crippen LogP contribution in [0.15, 0.2) is 48.5 Å². The van der Waals surface area contributed by atoms with Gasteiger partial charge in [-0.3, -0.25) is 29.4 Å². The van der Waals surface area contributed by atoms with E-state index in [-0.39, 0.29) is 49.9 Å². The molecule has 2 heterocycles. The molecule has 14 heteroatoms. The monoisotopic (exact) mass is 646 g/mol. The number of hydrogen-bond donors (Lipinski definition) is 4. The molecule has 47 heavy (non-hydrogen) atoms. The van der Waals surface area contributed by atoms with Crippen molar-refractivity contribution in [1.29, 1.82) is 0 Å². The second-order valence-electron chi connectivity index (χ2n) is 12.6. The largest absolute Gasteiger partial charge is 0.444 e. The van der Waals surface area contributed by atoms with Crippen LogP contribution in [0.25, 0.3) is 0 Å². The van der Waals surface area contributed by atoms with Gasteiger partial charge in [-0.25, -0.2) is 4.79 Å². The fraction of sp³-hybridized carbons (Fsp3) is 0.455. The molecule has 0 radical (unpaired) electrons. The summed E-state index contributed by atoms with van der Waals surface area (Å²) in [6.45, 7) is 8.72. The number of anilines is 2. The van der Waals surface area contributed by atoms with Gasteiger partial charge in [-0.1, -0.05) is 55.8 Å². The minimum atomic E-state index is -0.948. The lowest BCUT2D eigenvalue weighted by atomic mass is 9.85. The molecule has 14 nitrogen and oxygen atoms in total. The molecule has 0 aliphatic carbocycles. The lowest BCUT2D eigenvalue weighted by molar-refractivity contribution is -0.132. The average molecular weight is 647 g/mol. The van der Waals surface area contributed by atoms with Crippen LogP contribution < -0.4 is 20.9 Å². The quantitative estimate of drug-likeness (QED) is 0.216. The lowest BCUT2D eigenvalue weighted by Crippen LogP contribution is -2.51. The normalized spacial score (nSPS) is 15.3. The Balaban J connectivity index is 1.48. The van der Waals surface area contributed by atoms with Crippen molar-refractivity contribution in [1.82, 2.24) is 31.3 Å². The second-order valence-corrected chi connectivity index (χ2v) is 12.6. The van der Waals surface area contributed by atoms with Crippen LogP contribution in [0.1, 0.15) is 64.4 Å². The summed E-state index contributed by atoms with van der Waals surface area (Å²) >= 11 is 0. The molecule has 250 valence electrons. The summed E-state index contributed by atoms with van der Waals surface area (Å²) < 4.78 is 5.34. The number of nitrogens with one attached hydrogen (secondary N) is 4. The molecule has 4 N–H and O–H groups in total. The first kappa shape index (κ1) is 34.7. The minimum Gasteiger partial charge on any atom is -0.444 e. The third kappa shape index (κ3) is 9.67. The number of fused-ring (bicyclic) bond motifs is 1. The van der Waals surface area contributed by atoms with Crippen LogP contribution in [-0.2, 0) is 43.3 Å². The molecule has 3 aromatic rings. The number of Topliss-reactive ketones (excluding diaryl/α,β-unsaturated/α-hetero) is 1. The van der Waals surface area contributed by atoms with Crippen LogP contribution in [0.2, 0.25) is 0 Å². The van der Waals surface area contributed by atoms with Gasteiger partial charge in [-0.2, -0.15) is 5.21 Å². The van der Waals surface area contributed by atoms with E-state index in [4.69, 9.17) is 4.74 Å². The van der Waals surface area contributed by atoms with E-state index in [1.54, 1.807) is 39.0 Å². The van der Waals surface area contributed by atoms with E-state index in [2.05, 4.69) is 36.6 Å². The molecule has 0 spiro atoms. The fourth-order valence-corrected chi connectivity index (χ4v) is 5.37. The first-order valence-electron chi connectivity index (χ1n) is 15.6. The molecule has 1 aliphatic heterocycles. The molecule has 0 fully saturated rings. The van der Waals surface area contributed by atoms with Crippen molar-refractivity contribution in [3.63, 3.8) is 0 Å². The summed E-state index contributed by atoms with van der Waals surface area (Å²) in [7, 11) is 0. The smallest absolute Gasteiger partial charge is 0.412 e. The molecular weight excluding hydrogens is 604 g/mol. The Hall–Kier alpha value is -5.14. The molecule has 0 saturated carbocycles. The SMILES string of the molecule is CC[C@H](C)[C@H](CC(=O)Cc1ccccc1)C(=O)NCC(=O)N1c2ccc(NC(=O)OC(C)(C)C)cc2C[C@H]1C(=O)NCc1nn[nH]n1. The predicted octanol–water partition coefficient (Wildman–Crippen LogP) is 3.10. The number of nitrogens with zero attached hydrogens (tertiary/aromatic N) is 4. The van der Waals surface area contributed by atoms with E-state index in [1.165, 1.54) is 4.90 Å². The summed E-state index contributed by atoms with van der Waals surface area (Å²) in [4.78, 5) is 67.1. The van der Waals surface area contributed by atoms with Gasteiger partial charge in [0.2, 0.25) is 17.7 Å². The summed E-state index contributed by atoms with van der Waals surface area (Å²) in [6.07, 6.45) is 0.451. The number of aromatic nitrogens is 4. The van der Waals surface area contributed by atoms with Gasteiger partial charge in [0.25, 0.3) is 0 Å². The molecular formula is C33H42N8O6. The van der Waals surface area contributed by atoms with Crippen molar-refractivity contribution in [2.24, 2.45) is 11.8 Å². The van der Waals surface area contributed by atoms with Gasteiger partial charge < -0.3 is 15.4 Å². The third-order valence-corrected chi connectivity index (χ3v) is 7.86. The Morgan fingerprint density at radius 1 is 1.06 bits per heavy atom. The van der Waals surface area contributed by atoms with E-state index >= 15 is 0 Å². The molecule has 0 unspecified atom stereocenters. The number of ether oxygens (including phenoxy) is 1. The molecule has 1 aliphatic rings. The van der Waals surface area contributed by atoms with Crippen molar-refractivity contribution >= 4 is 41.0 Å². The Morgan fingerprint density at radius 2 is 1.81 bits per heavy atom. The molecule has 3 atom stereocenters. The molecule has 0 bridgehead atoms. The van der Waals surface area contributed by atoms with E-state index in [9.17, 15) is 24.0 Å². The second kappa shape index (κ2) is 15.4. The number of benzene rings is 2. The number of aromatic amines is 1. The van der Waals surface area contributed by atoms with Crippen molar-refractivity contribution in [3.05, 3.63) is 65.5 Å². The van der Waals surface area contributed by atoms with E-state index < -0.39 is 41.4 Å². The Bertz CT molecular complexity index is 1570. The minimum absolute atomic E-state index is 0.0139. The van der Waals surface area contributed by atoms with Crippen LogP contribution in [0.3, 0.4) is 0 Å². The van der Waals surface area contributed by atoms with Crippen LogP contribution in [-0.4, -0.2) is 68.4 Å². The first-order chi connectivity index (χ1) is 22.3. The van der Waals surface area contributed by atoms with Crippen molar-refractivity contribution < 1.29 is 28.7 Å². The zero-order chi connectivity index (χ0) is 34.1. The molecule has 1 aromatic heterocycles. The maximum atomic E-state index is 13.7. The Kier molecular flexibility index (Phi) is 11.4. The van der Waals surface area contributed by atoms with E-state index in [0.717, 1.165) is 5.56 Å². The van der Waals surface area contributed by atoms with Crippen molar-refractivity contribution in [3.8, 4) is 0 Å². The van der Waals surface area contributed by atoms with Crippen LogP contribution in [0, 0.1) is 11.8 Å². The molecule has 0 saturated heterocycles. The zero-order valence-electron chi connectivity index (χ0n) is 27.3. The molecule has 4 rings (SSSR count). The van der Waals surface area contributed by atoms with Crippen LogP contribution >= 0.6 is 0 Å². The topological polar surface area (TPSA) is 188 Å². The third-order valence-electron chi connectivity index (χ3n) is 7.86. The highest BCUT2D eigenvalue weighted by molar-refractivity contribution is 6.05. The predicted molar refractivity (Wildman–Crippen MR) is 173 cm³/mol. The average Bonchev–Trinajstić information content (AvgIpc) is 3.68. The Morgan fingerprint density at radius 3 is 2.47 bits per heavy atom. The van der Waals surface area contributed by atoms with E-state index in [1.807, 2.05) is 44.2 Å². The van der Waals surface area contributed by atoms with E-state index in [0.29, 0.717) is 23.4 Å². The van der Waals surface area contributed by atoms with Gasteiger partial charge in [0.05, 0.1) is 13.1 Å². The lowest BCUT2D eigenvalue weighted by Gasteiger charge is -2.26. The number of carbonyl (C=O) groups excluding carboxylic acids is 5. The van der Waals surface area contributed by atoms with Gasteiger partial charge in [0.15, 0.2) is 5.82 Å². The highest BCUT2D eigenvalue weighted by atomic mass is 16.6. The zero-order valence-corrected chi connectivity index (χ0v) is 27.3. The summed E-state index contributed by atoms with van der Waals surface area (Å²) in [5.41, 5.74) is 1.72. The van der Waals surface area contributed by atoms with Crippen LogP contribution in [0.5, 0.6) is 0 Å². The maximum absolute atomic E-state index is 13.7. The standard InChI is InChI=1S/C33H42N8O6/c1-6-20(2)25(17-24(42)14-21-10-8-7-9-11-21)30(44)35-19-29(43)41-26-13-12-23(36-32(46)47-33(3,4)5)15-22(26)16-27(41)31(45)34-18-28-37-39-40-38-28/h7-13,15,20,25,27H,6,14,16-19H2,1-5H3,(H,34,45)(H,35,44)(H,36,46)(H,37,38,39,40)/t20-,25-,27-/m0/s1. The van der Waals surface area contributed by atoms with Crippen molar-refractivity contribution in [2.45, 2.75) is 78.5 Å². The number of rotatable bonds is 13.